The highest BCUT2D eigenvalue weighted by Gasteiger charge is 2.13. The van der Waals surface area contributed by atoms with Gasteiger partial charge in [-0.05, 0) is 51.5 Å². The van der Waals surface area contributed by atoms with E-state index in [0.29, 0.717) is 6.54 Å². The lowest BCUT2D eigenvalue weighted by atomic mass is 10.1. The molecule has 1 heterocycles. The number of hydrogen-bond donors (Lipinski definition) is 2. The van der Waals surface area contributed by atoms with Gasteiger partial charge in [0, 0.05) is 30.2 Å². The molecule has 0 fully saturated rings. The summed E-state index contributed by atoms with van der Waals surface area (Å²) in [6.07, 6.45) is 0. The van der Waals surface area contributed by atoms with Crippen molar-refractivity contribution in [1.29, 1.82) is 0 Å². The third kappa shape index (κ3) is 3.50. The lowest BCUT2D eigenvalue weighted by molar-refractivity contribution is 0.0795. The van der Waals surface area contributed by atoms with Gasteiger partial charge in [-0.25, -0.2) is 0 Å². The van der Waals surface area contributed by atoms with E-state index in [1.807, 2.05) is 19.9 Å². The Morgan fingerprint density at radius 1 is 1.15 bits per heavy atom. The molecule has 0 amide bonds. The van der Waals surface area contributed by atoms with Gasteiger partial charge < -0.3 is 15.0 Å². The van der Waals surface area contributed by atoms with Crippen LogP contribution in [0.3, 0.4) is 0 Å². The van der Waals surface area contributed by atoms with Crippen LogP contribution in [0.15, 0.2) is 36.4 Å². The molecule has 0 bridgehead atoms. The highest BCUT2D eigenvalue weighted by atomic mass is 16.3. The van der Waals surface area contributed by atoms with E-state index in [2.05, 4.69) is 54.1 Å². The lowest BCUT2D eigenvalue weighted by Crippen LogP contribution is -2.34. The van der Waals surface area contributed by atoms with Crippen molar-refractivity contribution < 1.29 is 5.11 Å². The summed E-state index contributed by atoms with van der Waals surface area (Å²) in [6.45, 7) is 9.25. The van der Waals surface area contributed by atoms with Gasteiger partial charge in [0.1, 0.15) is 0 Å². The molecule has 0 aliphatic heterocycles. The van der Waals surface area contributed by atoms with Crippen LogP contribution >= 0.6 is 0 Å². The molecule has 1 aromatic carbocycles. The molecular formula is C17H24N2O. The average Bonchev–Trinajstić information content (AvgIpc) is 2.64. The minimum absolute atomic E-state index is 0.585. The molecule has 2 aromatic rings. The van der Waals surface area contributed by atoms with Gasteiger partial charge in [-0.15, -0.1) is 0 Å². The zero-order valence-electron chi connectivity index (χ0n) is 12.8. The molecule has 3 heteroatoms. The monoisotopic (exact) mass is 272 g/mol. The van der Waals surface area contributed by atoms with Crippen LogP contribution < -0.4 is 5.32 Å². The van der Waals surface area contributed by atoms with Crippen molar-refractivity contribution in [2.75, 3.05) is 6.54 Å². The first-order valence-electron chi connectivity index (χ1n) is 7.05. The largest absolute Gasteiger partial charge is 0.389 e. The summed E-state index contributed by atoms with van der Waals surface area (Å²) in [5, 5.41) is 13.0. The molecule has 0 saturated heterocycles. The summed E-state index contributed by atoms with van der Waals surface area (Å²) in [7, 11) is 0. The topological polar surface area (TPSA) is 37.2 Å². The van der Waals surface area contributed by atoms with E-state index in [0.717, 1.165) is 6.54 Å². The molecule has 3 nitrogen and oxygen atoms in total. The summed E-state index contributed by atoms with van der Waals surface area (Å²) in [5.74, 6) is 0. The highest BCUT2D eigenvalue weighted by Crippen LogP contribution is 2.20. The summed E-state index contributed by atoms with van der Waals surface area (Å²) in [4.78, 5) is 0. The van der Waals surface area contributed by atoms with Gasteiger partial charge >= 0.3 is 0 Å². The van der Waals surface area contributed by atoms with E-state index in [4.69, 9.17) is 0 Å². The Morgan fingerprint density at radius 3 is 2.40 bits per heavy atom. The van der Waals surface area contributed by atoms with E-state index in [1.165, 1.54) is 22.6 Å². The van der Waals surface area contributed by atoms with Crippen LogP contribution in [0, 0.1) is 13.8 Å². The normalized spacial score (nSPS) is 11.8. The van der Waals surface area contributed by atoms with Crippen molar-refractivity contribution in [3.8, 4) is 5.69 Å². The number of nitrogens with one attached hydrogen (secondary N) is 1. The maximum atomic E-state index is 9.74. The van der Waals surface area contributed by atoms with Crippen LogP contribution in [0.5, 0.6) is 0 Å². The minimum atomic E-state index is -0.676. The molecule has 0 atom stereocenters. The van der Waals surface area contributed by atoms with Gasteiger partial charge in [0.2, 0.25) is 0 Å². The molecule has 20 heavy (non-hydrogen) atoms. The summed E-state index contributed by atoms with van der Waals surface area (Å²) < 4.78 is 2.26. The van der Waals surface area contributed by atoms with Crippen LogP contribution in [-0.4, -0.2) is 21.8 Å². The summed E-state index contributed by atoms with van der Waals surface area (Å²) in [6, 6.07) is 12.6. The smallest absolute Gasteiger partial charge is 0.0715 e. The summed E-state index contributed by atoms with van der Waals surface area (Å²) in [5.41, 5.74) is 4.27. The Labute approximate surface area is 121 Å². The number of nitrogens with zero attached hydrogens (tertiary/aromatic N) is 1. The first-order chi connectivity index (χ1) is 9.38. The predicted octanol–water partition coefficient (Wildman–Crippen LogP) is 2.95. The van der Waals surface area contributed by atoms with Crippen molar-refractivity contribution >= 4 is 0 Å². The van der Waals surface area contributed by atoms with Crippen LogP contribution in [0.4, 0.5) is 0 Å². The molecule has 108 valence electrons. The average molecular weight is 272 g/mol. The zero-order valence-corrected chi connectivity index (χ0v) is 12.8. The van der Waals surface area contributed by atoms with Gasteiger partial charge in [-0.1, -0.05) is 18.2 Å². The Morgan fingerprint density at radius 2 is 1.80 bits per heavy atom. The second kappa shape index (κ2) is 5.81. The van der Waals surface area contributed by atoms with E-state index < -0.39 is 5.60 Å². The molecule has 2 rings (SSSR count). The SMILES string of the molecule is Cc1cc(CNCC(C)(C)O)c(C)n1-c1ccccc1. The van der Waals surface area contributed by atoms with Crippen LogP contribution in [0.25, 0.3) is 5.69 Å². The van der Waals surface area contributed by atoms with Crippen molar-refractivity contribution in [2.45, 2.75) is 39.8 Å². The number of benzene rings is 1. The molecule has 0 unspecified atom stereocenters. The molecule has 0 spiro atoms. The lowest BCUT2D eigenvalue weighted by Gasteiger charge is -2.17. The number of aliphatic hydroxyl groups is 1. The number of hydrogen-bond acceptors (Lipinski definition) is 2. The second-order valence-corrected chi connectivity index (χ2v) is 5.98. The van der Waals surface area contributed by atoms with Gasteiger partial charge in [0.25, 0.3) is 0 Å². The molecule has 0 radical (unpaired) electrons. The van der Waals surface area contributed by atoms with Crippen molar-refractivity contribution in [1.82, 2.24) is 9.88 Å². The maximum Gasteiger partial charge on any atom is 0.0715 e. The van der Waals surface area contributed by atoms with Gasteiger partial charge in [-0.2, -0.15) is 0 Å². The Balaban J connectivity index is 2.17. The Hall–Kier alpha value is -1.58. The minimum Gasteiger partial charge on any atom is -0.389 e. The van der Waals surface area contributed by atoms with E-state index in [1.54, 1.807) is 0 Å². The van der Waals surface area contributed by atoms with Crippen LogP contribution in [0.1, 0.15) is 30.8 Å². The summed E-state index contributed by atoms with van der Waals surface area (Å²) >= 11 is 0. The van der Waals surface area contributed by atoms with E-state index in [-0.39, 0.29) is 0 Å². The first-order valence-corrected chi connectivity index (χ1v) is 7.05. The fourth-order valence-electron chi connectivity index (χ4n) is 2.49. The highest BCUT2D eigenvalue weighted by molar-refractivity contribution is 5.40. The molecule has 0 aliphatic carbocycles. The number of aryl methyl sites for hydroxylation is 1. The fraction of sp³-hybridized carbons (Fsp3) is 0.412. The van der Waals surface area contributed by atoms with Crippen molar-refractivity contribution in [3.05, 3.63) is 53.3 Å². The third-order valence-corrected chi connectivity index (χ3v) is 3.42. The number of rotatable bonds is 5. The van der Waals surface area contributed by atoms with Crippen LogP contribution in [-0.2, 0) is 6.54 Å². The Kier molecular flexibility index (Phi) is 4.31. The van der Waals surface area contributed by atoms with Crippen LogP contribution in [0.2, 0.25) is 0 Å². The first kappa shape index (κ1) is 14.8. The van der Waals surface area contributed by atoms with Crippen molar-refractivity contribution in [3.63, 3.8) is 0 Å². The maximum absolute atomic E-state index is 9.74. The standard InChI is InChI=1S/C17H24N2O/c1-13-10-15(11-18-12-17(3,4)20)14(2)19(13)16-8-6-5-7-9-16/h5-10,18,20H,11-12H2,1-4H3. The number of aromatic nitrogens is 1. The van der Waals surface area contributed by atoms with Gasteiger partial charge in [0.15, 0.2) is 0 Å². The number of para-hydroxylation sites is 1. The van der Waals surface area contributed by atoms with E-state index >= 15 is 0 Å². The fourth-order valence-corrected chi connectivity index (χ4v) is 2.49. The van der Waals surface area contributed by atoms with E-state index in [9.17, 15) is 5.11 Å². The second-order valence-electron chi connectivity index (χ2n) is 5.98. The van der Waals surface area contributed by atoms with Gasteiger partial charge in [0.05, 0.1) is 5.60 Å². The molecule has 0 aliphatic rings. The third-order valence-electron chi connectivity index (χ3n) is 3.42. The van der Waals surface area contributed by atoms with Gasteiger partial charge in [-0.3, -0.25) is 0 Å². The quantitative estimate of drug-likeness (QED) is 0.878. The van der Waals surface area contributed by atoms with Crippen molar-refractivity contribution in [2.24, 2.45) is 0 Å². The zero-order chi connectivity index (χ0) is 14.8. The predicted molar refractivity (Wildman–Crippen MR) is 83.2 cm³/mol. The molecule has 1 aromatic heterocycles. The molecule has 2 N–H and O–H groups in total. The Bertz CT molecular complexity index is 565. The molecular weight excluding hydrogens is 248 g/mol. The molecule has 0 saturated carbocycles.